The molecule has 1 N–H and O–H groups in total. The molecule has 34 heavy (non-hydrogen) atoms. The first-order valence-corrected chi connectivity index (χ1v) is 9.69. The minimum Gasteiger partial charge on any atom is -0.351 e. The molecule has 2 aromatic carbocycles. The monoisotopic (exact) mass is 486 g/mol. The Morgan fingerprint density at radius 2 is 1.38 bits per heavy atom. The Morgan fingerprint density at radius 3 is 1.85 bits per heavy atom. The lowest BCUT2D eigenvalue weighted by Gasteiger charge is -2.13. The van der Waals surface area contributed by atoms with Crippen LogP contribution in [0.5, 0.6) is 0 Å². The smallest absolute Gasteiger partial charge is 0.351 e. The Balaban J connectivity index is 2.13. The number of nitrogens with zero attached hydrogens (tertiary/aromatic N) is 3. The molecule has 1 amide bonds. The highest BCUT2D eigenvalue weighted by atomic mass is 19.4. The number of amides is 1. The molecule has 0 saturated heterocycles. The molecule has 1 aromatic heterocycles. The maximum Gasteiger partial charge on any atom is 0.416 e. The lowest BCUT2D eigenvalue weighted by Crippen LogP contribution is -2.46. The van der Waals surface area contributed by atoms with Crippen molar-refractivity contribution in [2.24, 2.45) is 0 Å². The molecule has 0 unspecified atom stereocenters. The second-order valence-corrected chi connectivity index (χ2v) is 7.03. The van der Waals surface area contributed by atoms with Gasteiger partial charge >= 0.3 is 18.0 Å². The number of nitrogens with one attached hydrogen (secondary N) is 1. The van der Waals surface area contributed by atoms with Crippen molar-refractivity contribution < 1.29 is 31.1 Å². The van der Waals surface area contributed by atoms with Crippen LogP contribution in [-0.2, 0) is 18.9 Å². The third-order valence-electron chi connectivity index (χ3n) is 4.67. The van der Waals surface area contributed by atoms with Crippen molar-refractivity contribution >= 4 is 5.91 Å². The average Bonchev–Trinajstić information content (AvgIpc) is 2.76. The number of halogens is 6. The Bertz CT molecular complexity index is 1310. The van der Waals surface area contributed by atoms with Crippen LogP contribution in [0.25, 0.3) is 5.69 Å². The summed E-state index contributed by atoms with van der Waals surface area (Å²) in [6, 6.07) is 6.91. The van der Waals surface area contributed by atoms with Gasteiger partial charge in [0.25, 0.3) is 11.5 Å². The Hall–Kier alpha value is -3.90. The third-order valence-corrected chi connectivity index (χ3v) is 4.67. The van der Waals surface area contributed by atoms with Crippen LogP contribution in [0.4, 0.5) is 26.3 Å². The van der Waals surface area contributed by atoms with Gasteiger partial charge in [0.05, 0.1) is 23.4 Å². The van der Waals surface area contributed by atoms with Gasteiger partial charge in [0.15, 0.2) is 0 Å². The molecular formula is C21H16F6N4O3. The van der Waals surface area contributed by atoms with Crippen molar-refractivity contribution in [2.45, 2.75) is 25.8 Å². The van der Waals surface area contributed by atoms with E-state index >= 15 is 0 Å². The largest absolute Gasteiger partial charge is 0.416 e. The van der Waals surface area contributed by atoms with Gasteiger partial charge in [-0.1, -0.05) is 12.1 Å². The Kier molecular flexibility index (Phi) is 6.66. The summed E-state index contributed by atoms with van der Waals surface area (Å²) < 4.78 is 78.1. The van der Waals surface area contributed by atoms with Crippen molar-refractivity contribution in [3.63, 3.8) is 0 Å². The minimum atomic E-state index is -4.63. The molecule has 0 atom stereocenters. The Morgan fingerprint density at radius 1 is 0.882 bits per heavy atom. The van der Waals surface area contributed by atoms with Crippen LogP contribution in [0.2, 0.25) is 0 Å². The number of carbonyl (C=O) groups excluding carboxylic acids is 1. The molecular weight excluding hydrogens is 470 g/mol. The van der Waals surface area contributed by atoms with Gasteiger partial charge in [-0.15, -0.1) is 0 Å². The van der Waals surface area contributed by atoms with Gasteiger partial charge in [-0.2, -0.15) is 36.1 Å². The molecule has 180 valence electrons. The summed E-state index contributed by atoms with van der Waals surface area (Å²) in [6.45, 7) is 1.16. The van der Waals surface area contributed by atoms with E-state index in [0.717, 1.165) is 36.4 Å². The molecule has 7 nitrogen and oxygen atoms in total. The van der Waals surface area contributed by atoms with Gasteiger partial charge in [0, 0.05) is 6.54 Å². The molecule has 0 saturated carbocycles. The highest BCUT2D eigenvalue weighted by molar-refractivity contribution is 5.91. The zero-order valence-electron chi connectivity index (χ0n) is 17.4. The van der Waals surface area contributed by atoms with Crippen LogP contribution in [0.3, 0.4) is 0 Å². The van der Waals surface area contributed by atoms with E-state index in [1.165, 1.54) is 0 Å². The lowest BCUT2D eigenvalue weighted by atomic mass is 10.1. The predicted molar refractivity (Wildman–Crippen MR) is 108 cm³/mol. The second kappa shape index (κ2) is 9.15. The van der Waals surface area contributed by atoms with Crippen LogP contribution in [0.15, 0.2) is 58.1 Å². The first-order valence-electron chi connectivity index (χ1n) is 9.69. The van der Waals surface area contributed by atoms with Gasteiger partial charge in [0.1, 0.15) is 0 Å². The van der Waals surface area contributed by atoms with Gasteiger partial charge < -0.3 is 5.32 Å². The summed E-state index contributed by atoms with van der Waals surface area (Å²) in [7, 11) is 0. The fraction of sp³-hybridized carbons (Fsp3) is 0.238. The summed E-state index contributed by atoms with van der Waals surface area (Å²) in [4.78, 5) is 38.1. The third kappa shape index (κ3) is 5.18. The van der Waals surface area contributed by atoms with E-state index < -0.39 is 52.9 Å². The molecule has 3 aromatic rings. The van der Waals surface area contributed by atoms with Crippen molar-refractivity contribution in [3.05, 3.63) is 91.8 Å². The highest BCUT2D eigenvalue weighted by Gasteiger charge is 2.31. The number of carbonyl (C=O) groups is 1. The van der Waals surface area contributed by atoms with E-state index in [-0.39, 0.29) is 17.8 Å². The first-order chi connectivity index (χ1) is 15.8. The SMILES string of the molecule is CCNC(=O)c1nn(-c2ccc(C(F)(F)F)cc2)c(=O)n(Cc2ccc(C(F)(F)F)cc2)c1=O. The zero-order valence-corrected chi connectivity index (χ0v) is 17.4. The molecule has 0 aliphatic rings. The zero-order chi connectivity index (χ0) is 25.3. The van der Waals surface area contributed by atoms with Crippen LogP contribution in [0.1, 0.15) is 34.1 Å². The molecule has 1 heterocycles. The van der Waals surface area contributed by atoms with E-state index in [1.807, 2.05) is 0 Å². The predicted octanol–water partition coefficient (Wildman–Crippen LogP) is 3.23. The van der Waals surface area contributed by atoms with Crippen LogP contribution in [-0.4, -0.2) is 26.8 Å². The summed E-state index contributed by atoms with van der Waals surface area (Å²) in [5.41, 5.74) is -4.89. The number of aromatic nitrogens is 3. The van der Waals surface area contributed by atoms with E-state index in [9.17, 15) is 40.7 Å². The summed E-state index contributed by atoms with van der Waals surface area (Å²) in [5, 5.41) is 6.07. The van der Waals surface area contributed by atoms with Gasteiger partial charge in [-0.25, -0.2) is 4.79 Å². The fourth-order valence-corrected chi connectivity index (χ4v) is 2.98. The van der Waals surface area contributed by atoms with Gasteiger partial charge in [-0.05, 0) is 48.9 Å². The van der Waals surface area contributed by atoms with E-state index in [2.05, 4.69) is 10.4 Å². The molecule has 3 rings (SSSR count). The number of benzene rings is 2. The molecule has 0 spiro atoms. The number of hydrogen-bond donors (Lipinski definition) is 1. The summed E-state index contributed by atoms with van der Waals surface area (Å²) in [6.07, 6.45) is -9.23. The molecule has 0 bridgehead atoms. The van der Waals surface area contributed by atoms with E-state index in [1.54, 1.807) is 6.92 Å². The first kappa shape index (κ1) is 24.7. The van der Waals surface area contributed by atoms with Crippen molar-refractivity contribution in [2.75, 3.05) is 6.54 Å². The molecule has 13 heteroatoms. The topological polar surface area (TPSA) is 86.0 Å². The van der Waals surface area contributed by atoms with Crippen molar-refractivity contribution in [1.29, 1.82) is 0 Å². The minimum absolute atomic E-state index is 0.109. The number of hydrogen-bond acceptors (Lipinski definition) is 4. The van der Waals surface area contributed by atoms with Crippen molar-refractivity contribution in [3.8, 4) is 5.69 Å². The summed E-state index contributed by atoms with van der Waals surface area (Å²) in [5.74, 6) is -0.936. The maximum atomic E-state index is 13.0. The maximum absolute atomic E-state index is 13.0. The van der Waals surface area contributed by atoms with Gasteiger partial charge in [-0.3, -0.25) is 14.2 Å². The average molecular weight is 486 g/mol. The van der Waals surface area contributed by atoms with Crippen LogP contribution >= 0.6 is 0 Å². The van der Waals surface area contributed by atoms with Gasteiger partial charge in [0.2, 0.25) is 5.69 Å². The molecule has 0 radical (unpaired) electrons. The second-order valence-electron chi connectivity index (χ2n) is 7.03. The number of rotatable bonds is 5. The molecule has 0 aliphatic carbocycles. The lowest BCUT2D eigenvalue weighted by molar-refractivity contribution is -0.138. The van der Waals surface area contributed by atoms with E-state index in [0.29, 0.717) is 21.4 Å². The quantitative estimate of drug-likeness (QED) is 0.562. The fourth-order valence-electron chi connectivity index (χ4n) is 2.98. The molecule has 0 fully saturated rings. The Labute approximate surface area is 187 Å². The summed E-state index contributed by atoms with van der Waals surface area (Å²) >= 11 is 0. The van der Waals surface area contributed by atoms with Crippen LogP contribution in [0, 0.1) is 0 Å². The number of alkyl halides is 6. The van der Waals surface area contributed by atoms with Crippen molar-refractivity contribution in [1.82, 2.24) is 19.7 Å². The normalized spacial score (nSPS) is 12.0. The van der Waals surface area contributed by atoms with E-state index in [4.69, 9.17) is 0 Å². The molecule has 0 aliphatic heterocycles. The van der Waals surface area contributed by atoms with Crippen LogP contribution < -0.4 is 16.6 Å². The standard InChI is InChI=1S/C21H16F6N4O3/c1-2-28-17(32)16-18(33)30(11-12-3-5-13(6-4-12)20(22,23)24)19(34)31(29-16)15-9-7-14(8-10-15)21(25,26)27/h3-10H,2,11H2,1H3,(H,28,32). The highest BCUT2D eigenvalue weighted by Crippen LogP contribution is 2.30.